The zero-order valence-corrected chi connectivity index (χ0v) is 13.4. The summed E-state index contributed by atoms with van der Waals surface area (Å²) in [4.78, 5) is 4.66. The molecular weight excluding hydrogens is 284 g/mol. The van der Waals surface area contributed by atoms with Gasteiger partial charge in [-0.15, -0.1) is 0 Å². The van der Waals surface area contributed by atoms with E-state index in [4.69, 9.17) is 5.73 Å². The third kappa shape index (κ3) is 3.19. The predicted molar refractivity (Wildman–Crippen MR) is 94.5 cm³/mol. The number of anilines is 1. The molecule has 0 radical (unpaired) electrons. The molecule has 3 rings (SSSR count). The fraction of sp³-hybridized carbons (Fsp3) is 0.150. The van der Waals surface area contributed by atoms with Crippen molar-refractivity contribution in [3.05, 3.63) is 77.0 Å². The van der Waals surface area contributed by atoms with Crippen molar-refractivity contribution in [2.75, 3.05) is 5.73 Å². The van der Waals surface area contributed by atoms with Gasteiger partial charge in [-0.3, -0.25) is 0 Å². The minimum atomic E-state index is 0.200. The molecule has 3 aromatic rings. The van der Waals surface area contributed by atoms with Crippen LogP contribution in [0.15, 0.2) is 54.6 Å². The second kappa shape index (κ2) is 6.13. The van der Waals surface area contributed by atoms with Crippen molar-refractivity contribution < 1.29 is 5.11 Å². The molecule has 0 unspecified atom stereocenters. The van der Waals surface area contributed by atoms with Gasteiger partial charge in [0.15, 0.2) is 0 Å². The van der Waals surface area contributed by atoms with Gasteiger partial charge >= 0.3 is 0 Å². The van der Waals surface area contributed by atoms with E-state index in [2.05, 4.69) is 18.8 Å². The number of nitrogens with two attached hydrogens (primary N) is 1. The van der Waals surface area contributed by atoms with Crippen LogP contribution >= 0.6 is 0 Å². The summed E-state index contributed by atoms with van der Waals surface area (Å²) >= 11 is 0. The van der Waals surface area contributed by atoms with Crippen LogP contribution in [0.1, 0.15) is 22.4 Å². The summed E-state index contributed by atoms with van der Waals surface area (Å²) in [5.74, 6) is 0.200. The van der Waals surface area contributed by atoms with Crippen molar-refractivity contribution in [2.45, 2.75) is 20.3 Å². The molecule has 0 saturated heterocycles. The average molecular weight is 304 g/mol. The van der Waals surface area contributed by atoms with Gasteiger partial charge in [-0.1, -0.05) is 30.3 Å². The minimum absolute atomic E-state index is 0.200. The number of nitrogen functional groups attached to an aromatic ring is 1. The minimum Gasteiger partial charge on any atom is -0.506 e. The molecular formula is C20H20N2O. The first-order valence-electron chi connectivity index (χ1n) is 7.64. The van der Waals surface area contributed by atoms with Crippen LogP contribution < -0.4 is 5.73 Å². The summed E-state index contributed by atoms with van der Waals surface area (Å²) in [5, 5.41) is 10.1. The second-order valence-electron chi connectivity index (χ2n) is 5.85. The maximum absolute atomic E-state index is 10.1. The molecule has 1 heterocycles. The lowest BCUT2D eigenvalue weighted by Crippen LogP contribution is -2.00. The summed E-state index contributed by atoms with van der Waals surface area (Å²) in [6, 6.07) is 17.3. The Bertz CT molecular complexity index is 819. The molecule has 3 nitrogen and oxygen atoms in total. The molecule has 0 aliphatic heterocycles. The van der Waals surface area contributed by atoms with Crippen molar-refractivity contribution in [3.63, 3.8) is 0 Å². The molecule has 0 saturated carbocycles. The first kappa shape index (κ1) is 15.1. The molecule has 1 aromatic heterocycles. The van der Waals surface area contributed by atoms with Gasteiger partial charge in [-0.05, 0) is 54.8 Å². The molecule has 0 aliphatic rings. The smallest absolute Gasteiger partial charge is 0.141 e. The first-order chi connectivity index (χ1) is 11.0. The summed E-state index contributed by atoms with van der Waals surface area (Å²) in [5.41, 5.74) is 12.7. The van der Waals surface area contributed by atoms with Gasteiger partial charge in [0.2, 0.25) is 0 Å². The van der Waals surface area contributed by atoms with Crippen LogP contribution in [0.25, 0.3) is 11.3 Å². The van der Waals surface area contributed by atoms with Crippen LogP contribution in [0.5, 0.6) is 5.75 Å². The maximum Gasteiger partial charge on any atom is 0.141 e. The van der Waals surface area contributed by atoms with E-state index in [0.29, 0.717) is 5.69 Å². The molecule has 116 valence electrons. The number of hydrogen-bond acceptors (Lipinski definition) is 3. The summed E-state index contributed by atoms with van der Waals surface area (Å²) in [7, 11) is 0. The standard InChI is InChI=1S/C20H20N2O/c1-13-10-16(21)11-14(2)18(13)12-17-8-9-19(23)20(22-17)15-6-4-3-5-7-15/h3-11,23H,12,21H2,1-2H3. The van der Waals surface area contributed by atoms with Crippen molar-refractivity contribution in [3.8, 4) is 17.0 Å². The van der Waals surface area contributed by atoms with Crippen LogP contribution in [0.4, 0.5) is 5.69 Å². The second-order valence-corrected chi connectivity index (χ2v) is 5.85. The van der Waals surface area contributed by atoms with Crippen LogP contribution in [0.3, 0.4) is 0 Å². The van der Waals surface area contributed by atoms with Crippen molar-refractivity contribution >= 4 is 5.69 Å². The van der Waals surface area contributed by atoms with E-state index in [9.17, 15) is 5.11 Å². The number of aromatic hydroxyl groups is 1. The third-order valence-corrected chi connectivity index (χ3v) is 4.06. The van der Waals surface area contributed by atoms with Gasteiger partial charge in [-0.2, -0.15) is 0 Å². The van der Waals surface area contributed by atoms with Gasteiger partial charge < -0.3 is 10.8 Å². The van der Waals surface area contributed by atoms with Gasteiger partial charge in [-0.25, -0.2) is 4.98 Å². The van der Waals surface area contributed by atoms with Crippen molar-refractivity contribution in [2.24, 2.45) is 0 Å². The Morgan fingerprint density at radius 3 is 2.26 bits per heavy atom. The number of aryl methyl sites for hydroxylation is 2. The fourth-order valence-corrected chi connectivity index (χ4v) is 2.89. The van der Waals surface area contributed by atoms with Gasteiger partial charge in [0.25, 0.3) is 0 Å². The average Bonchev–Trinajstić information content (AvgIpc) is 2.53. The number of rotatable bonds is 3. The molecule has 23 heavy (non-hydrogen) atoms. The lowest BCUT2D eigenvalue weighted by molar-refractivity contribution is 0.474. The lowest BCUT2D eigenvalue weighted by Gasteiger charge is -2.12. The first-order valence-corrected chi connectivity index (χ1v) is 7.64. The van der Waals surface area contributed by atoms with Crippen molar-refractivity contribution in [1.82, 2.24) is 4.98 Å². The van der Waals surface area contributed by atoms with Crippen LogP contribution in [0, 0.1) is 13.8 Å². The largest absolute Gasteiger partial charge is 0.506 e. The molecule has 0 aliphatic carbocycles. The molecule has 0 fully saturated rings. The fourth-order valence-electron chi connectivity index (χ4n) is 2.89. The molecule has 0 atom stereocenters. The molecule has 0 amide bonds. The molecule has 0 bridgehead atoms. The molecule has 3 N–H and O–H groups in total. The van der Waals surface area contributed by atoms with E-state index in [1.807, 2.05) is 48.5 Å². The number of pyridine rings is 1. The molecule has 0 spiro atoms. The topological polar surface area (TPSA) is 59.1 Å². The maximum atomic E-state index is 10.1. The van der Waals surface area contributed by atoms with Crippen LogP contribution in [-0.2, 0) is 6.42 Å². The highest BCUT2D eigenvalue weighted by molar-refractivity contribution is 5.66. The normalized spacial score (nSPS) is 10.7. The highest BCUT2D eigenvalue weighted by Gasteiger charge is 2.10. The van der Waals surface area contributed by atoms with Crippen LogP contribution in [0.2, 0.25) is 0 Å². The SMILES string of the molecule is Cc1cc(N)cc(C)c1Cc1ccc(O)c(-c2ccccc2)n1. The predicted octanol–water partition coefficient (Wildman–Crippen LogP) is 4.24. The third-order valence-electron chi connectivity index (χ3n) is 4.06. The Hall–Kier alpha value is -2.81. The van der Waals surface area contributed by atoms with Gasteiger partial charge in [0, 0.05) is 23.4 Å². The quantitative estimate of drug-likeness (QED) is 0.711. The number of hydrogen-bond donors (Lipinski definition) is 2. The van der Waals surface area contributed by atoms with Gasteiger partial charge in [0.1, 0.15) is 11.4 Å². The Kier molecular flexibility index (Phi) is 4.02. The Morgan fingerprint density at radius 1 is 0.957 bits per heavy atom. The summed E-state index contributed by atoms with van der Waals surface area (Å²) in [6.45, 7) is 4.13. The number of nitrogens with zero attached hydrogens (tertiary/aromatic N) is 1. The number of benzene rings is 2. The number of aromatic nitrogens is 1. The Morgan fingerprint density at radius 2 is 1.61 bits per heavy atom. The van der Waals surface area contributed by atoms with E-state index < -0.39 is 0 Å². The zero-order valence-electron chi connectivity index (χ0n) is 13.4. The van der Waals surface area contributed by atoms with Crippen LogP contribution in [-0.4, -0.2) is 10.1 Å². The summed E-state index contributed by atoms with van der Waals surface area (Å²) in [6.07, 6.45) is 0.720. The van der Waals surface area contributed by atoms with E-state index >= 15 is 0 Å². The van der Waals surface area contributed by atoms with E-state index in [1.165, 1.54) is 16.7 Å². The monoisotopic (exact) mass is 304 g/mol. The van der Waals surface area contributed by atoms with E-state index in [-0.39, 0.29) is 5.75 Å². The molecule has 2 aromatic carbocycles. The summed E-state index contributed by atoms with van der Waals surface area (Å²) < 4.78 is 0. The molecule has 3 heteroatoms. The highest BCUT2D eigenvalue weighted by atomic mass is 16.3. The van der Waals surface area contributed by atoms with E-state index in [1.54, 1.807) is 6.07 Å². The highest BCUT2D eigenvalue weighted by Crippen LogP contribution is 2.28. The Balaban J connectivity index is 2.00. The zero-order chi connectivity index (χ0) is 16.4. The van der Waals surface area contributed by atoms with E-state index in [0.717, 1.165) is 23.4 Å². The van der Waals surface area contributed by atoms with Crippen molar-refractivity contribution in [1.29, 1.82) is 0 Å². The lowest BCUT2D eigenvalue weighted by atomic mass is 9.97. The Labute approximate surface area is 136 Å². The van der Waals surface area contributed by atoms with Gasteiger partial charge in [0.05, 0.1) is 0 Å².